The van der Waals surface area contributed by atoms with E-state index in [9.17, 15) is 9.59 Å². The molecule has 0 saturated carbocycles. The van der Waals surface area contributed by atoms with Crippen LogP contribution in [0.15, 0.2) is 0 Å². The van der Waals surface area contributed by atoms with E-state index >= 15 is 0 Å². The van der Waals surface area contributed by atoms with Crippen LogP contribution in [0, 0.1) is 5.92 Å². The fourth-order valence-electron chi connectivity index (χ4n) is 2.87. The van der Waals surface area contributed by atoms with Crippen molar-refractivity contribution in [2.75, 3.05) is 19.7 Å². The molecule has 0 unspecified atom stereocenters. The number of carbonyl (C=O) groups excluding carboxylic acids is 1. The molecule has 0 aromatic rings. The Labute approximate surface area is 119 Å². The maximum absolute atomic E-state index is 12.1. The Morgan fingerprint density at radius 2 is 2.10 bits per heavy atom. The molecule has 0 radical (unpaired) electrons. The highest BCUT2D eigenvalue weighted by molar-refractivity contribution is 5.71. The monoisotopic (exact) mass is 285 g/mol. The van der Waals surface area contributed by atoms with Crippen LogP contribution in [0.1, 0.15) is 40.0 Å². The van der Waals surface area contributed by atoms with Crippen molar-refractivity contribution in [3.63, 3.8) is 0 Å². The second-order valence-electron chi connectivity index (χ2n) is 6.74. The molecule has 114 valence electrons. The lowest BCUT2D eigenvalue weighted by atomic mass is 9.87. The van der Waals surface area contributed by atoms with E-state index in [1.54, 1.807) is 4.90 Å². The number of nitrogens with zero attached hydrogens (tertiary/aromatic N) is 1. The molecule has 1 amide bonds. The molecule has 0 aromatic heterocycles. The summed E-state index contributed by atoms with van der Waals surface area (Å²) < 4.78 is 11.1. The lowest BCUT2D eigenvalue weighted by Crippen LogP contribution is -2.51. The summed E-state index contributed by atoms with van der Waals surface area (Å²) >= 11 is 0. The Hall–Kier alpha value is -1.30. The van der Waals surface area contributed by atoms with Gasteiger partial charge in [-0.15, -0.1) is 0 Å². The van der Waals surface area contributed by atoms with Crippen molar-refractivity contribution in [3.8, 4) is 0 Å². The summed E-state index contributed by atoms with van der Waals surface area (Å²) in [6.07, 6.45) is 1.74. The fourth-order valence-corrected chi connectivity index (χ4v) is 2.87. The summed E-state index contributed by atoms with van der Waals surface area (Å²) in [6, 6.07) is 0. The molecule has 2 heterocycles. The van der Waals surface area contributed by atoms with Gasteiger partial charge in [-0.1, -0.05) is 0 Å². The van der Waals surface area contributed by atoms with Crippen molar-refractivity contribution in [2.24, 2.45) is 5.92 Å². The average Bonchev–Trinajstić information content (AvgIpc) is 2.71. The first-order valence-electron chi connectivity index (χ1n) is 7.05. The van der Waals surface area contributed by atoms with Gasteiger partial charge in [-0.3, -0.25) is 4.79 Å². The minimum Gasteiger partial charge on any atom is -0.481 e. The quantitative estimate of drug-likeness (QED) is 0.796. The minimum atomic E-state index is -0.823. The van der Waals surface area contributed by atoms with Gasteiger partial charge in [0.15, 0.2) is 0 Å². The second-order valence-corrected chi connectivity index (χ2v) is 6.74. The van der Waals surface area contributed by atoms with Crippen molar-refractivity contribution >= 4 is 12.1 Å². The number of carboxylic acids is 1. The molecule has 2 atom stereocenters. The Morgan fingerprint density at radius 3 is 2.65 bits per heavy atom. The number of carbonyl (C=O) groups is 2. The van der Waals surface area contributed by atoms with Gasteiger partial charge >= 0.3 is 12.1 Å². The molecule has 2 aliphatic heterocycles. The fraction of sp³-hybridized carbons (Fsp3) is 0.857. The molecule has 0 bridgehead atoms. The van der Waals surface area contributed by atoms with Crippen molar-refractivity contribution in [1.29, 1.82) is 0 Å². The summed E-state index contributed by atoms with van der Waals surface area (Å²) in [6.45, 7) is 6.78. The molecule has 2 aliphatic rings. The Balaban J connectivity index is 1.99. The number of rotatable bonds is 1. The molecule has 1 spiro atoms. The third-order valence-electron chi connectivity index (χ3n) is 3.75. The number of hydrogen-bond acceptors (Lipinski definition) is 4. The maximum atomic E-state index is 12.1. The average molecular weight is 285 g/mol. The van der Waals surface area contributed by atoms with Crippen LogP contribution in [0.5, 0.6) is 0 Å². The Morgan fingerprint density at radius 1 is 1.40 bits per heavy atom. The highest BCUT2D eigenvalue weighted by Gasteiger charge is 2.47. The van der Waals surface area contributed by atoms with E-state index in [1.807, 2.05) is 20.8 Å². The predicted octanol–water partition coefficient (Wildman–Crippen LogP) is 1.88. The van der Waals surface area contributed by atoms with Gasteiger partial charge in [-0.05, 0) is 40.0 Å². The summed E-state index contributed by atoms with van der Waals surface area (Å²) in [4.78, 5) is 24.8. The summed E-state index contributed by atoms with van der Waals surface area (Å²) in [5, 5.41) is 9.07. The number of amides is 1. The first-order chi connectivity index (χ1) is 9.21. The predicted molar refractivity (Wildman–Crippen MR) is 71.5 cm³/mol. The number of likely N-dealkylation sites (tertiary alicyclic amines) is 1. The van der Waals surface area contributed by atoms with Crippen molar-refractivity contribution in [3.05, 3.63) is 0 Å². The van der Waals surface area contributed by atoms with E-state index in [-0.39, 0.29) is 12.7 Å². The van der Waals surface area contributed by atoms with Crippen LogP contribution in [0.2, 0.25) is 0 Å². The second kappa shape index (κ2) is 5.24. The van der Waals surface area contributed by atoms with E-state index < -0.39 is 23.1 Å². The number of hydrogen-bond donors (Lipinski definition) is 1. The largest absolute Gasteiger partial charge is 0.481 e. The van der Waals surface area contributed by atoms with Gasteiger partial charge in [0.05, 0.1) is 24.7 Å². The summed E-state index contributed by atoms with van der Waals surface area (Å²) in [7, 11) is 0. The normalized spacial score (nSPS) is 30.6. The number of piperidine rings is 1. The molecule has 6 nitrogen and oxygen atoms in total. The molecule has 0 aromatic carbocycles. The van der Waals surface area contributed by atoms with Crippen LogP contribution in [0.4, 0.5) is 4.79 Å². The van der Waals surface area contributed by atoms with Crippen molar-refractivity contribution in [2.45, 2.75) is 51.2 Å². The topological polar surface area (TPSA) is 76.1 Å². The third kappa shape index (κ3) is 3.42. The molecule has 2 saturated heterocycles. The minimum absolute atomic E-state index is 0.234. The molecule has 6 heteroatoms. The maximum Gasteiger partial charge on any atom is 0.410 e. The first-order valence-corrected chi connectivity index (χ1v) is 7.05. The van der Waals surface area contributed by atoms with Gasteiger partial charge in [0, 0.05) is 6.54 Å². The Kier molecular flexibility index (Phi) is 3.95. The zero-order valence-electron chi connectivity index (χ0n) is 12.3. The third-order valence-corrected chi connectivity index (χ3v) is 3.75. The molecule has 2 fully saturated rings. The van der Waals surface area contributed by atoms with Crippen LogP contribution in [-0.4, -0.2) is 53.0 Å². The lowest BCUT2D eigenvalue weighted by Gasteiger charge is -2.40. The number of carboxylic acid groups (broad SMARTS) is 1. The molecule has 0 aliphatic carbocycles. The standard InChI is InChI=1S/C14H23NO5/c1-13(2,3)20-12(18)15-6-4-5-14(9-15)7-10(8-19-14)11(16)17/h10H,4-9H2,1-3H3,(H,16,17)/t10-,14-/m1/s1. The number of aliphatic carboxylic acids is 1. The molecular weight excluding hydrogens is 262 g/mol. The molecule has 2 rings (SSSR count). The summed E-state index contributed by atoms with van der Waals surface area (Å²) in [5.74, 6) is -1.29. The van der Waals surface area contributed by atoms with Gasteiger partial charge in [-0.2, -0.15) is 0 Å². The lowest BCUT2D eigenvalue weighted by molar-refractivity contribution is -0.141. The molecule has 20 heavy (non-hydrogen) atoms. The Bertz CT molecular complexity index is 403. The zero-order valence-corrected chi connectivity index (χ0v) is 12.3. The van der Waals surface area contributed by atoms with Gasteiger partial charge in [0.2, 0.25) is 0 Å². The smallest absolute Gasteiger partial charge is 0.410 e. The van der Waals surface area contributed by atoms with Crippen LogP contribution in [0.25, 0.3) is 0 Å². The molecular formula is C14H23NO5. The van der Waals surface area contributed by atoms with Crippen LogP contribution in [0.3, 0.4) is 0 Å². The van der Waals surface area contributed by atoms with E-state index in [2.05, 4.69) is 0 Å². The zero-order chi connectivity index (χ0) is 15.0. The van der Waals surface area contributed by atoms with Crippen molar-refractivity contribution in [1.82, 2.24) is 4.90 Å². The van der Waals surface area contributed by atoms with Crippen molar-refractivity contribution < 1.29 is 24.2 Å². The molecule has 1 N–H and O–H groups in total. The van der Waals surface area contributed by atoms with Crippen LogP contribution in [-0.2, 0) is 14.3 Å². The van der Waals surface area contributed by atoms with Gasteiger partial charge in [-0.25, -0.2) is 4.79 Å². The van der Waals surface area contributed by atoms with Crippen LogP contribution < -0.4 is 0 Å². The first kappa shape index (κ1) is 15.1. The van der Waals surface area contributed by atoms with Gasteiger partial charge in [0.25, 0.3) is 0 Å². The summed E-state index contributed by atoms with van der Waals surface area (Å²) in [5.41, 5.74) is -1.03. The van der Waals surface area contributed by atoms with Gasteiger partial charge < -0.3 is 19.5 Å². The SMILES string of the molecule is CC(C)(C)OC(=O)N1CCC[C@@]2(C[C@@H](C(=O)O)CO2)C1. The highest BCUT2D eigenvalue weighted by atomic mass is 16.6. The van der Waals surface area contributed by atoms with E-state index in [1.165, 1.54) is 0 Å². The van der Waals surface area contributed by atoms with E-state index in [0.29, 0.717) is 19.5 Å². The number of ether oxygens (including phenoxy) is 2. The van der Waals surface area contributed by atoms with Crippen LogP contribution >= 0.6 is 0 Å². The van der Waals surface area contributed by atoms with E-state index in [0.717, 1.165) is 12.8 Å². The van der Waals surface area contributed by atoms with E-state index in [4.69, 9.17) is 14.6 Å². The van der Waals surface area contributed by atoms with Gasteiger partial charge in [0.1, 0.15) is 5.60 Å². The highest BCUT2D eigenvalue weighted by Crippen LogP contribution is 2.37.